The van der Waals surface area contributed by atoms with Crippen molar-refractivity contribution in [3.05, 3.63) is 95.6 Å². The lowest BCUT2D eigenvalue weighted by atomic mass is 9.97. The lowest BCUT2D eigenvalue weighted by Gasteiger charge is -2.09. The molecule has 0 aromatic heterocycles. The average Bonchev–Trinajstić information content (AvgIpc) is 2.72. The van der Waals surface area contributed by atoms with Gasteiger partial charge in [0.2, 0.25) is 0 Å². The molecule has 138 valence electrons. The van der Waals surface area contributed by atoms with Gasteiger partial charge in [-0.2, -0.15) is 0 Å². The van der Waals surface area contributed by atoms with Gasteiger partial charge in [0.1, 0.15) is 4.99 Å². The number of benzene rings is 3. The van der Waals surface area contributed by atoms with Crippen molar-refractivity contribution in [2.24, 2.45) is 5.73 Å². The van der Waals surface area contributed by atoms with Gasteiger partial charge in [-0.3, -0.25) is 0 Å². The van der Waals surface area contributed by atoms with Crippen LogP contribution in [0.15, 0.2) is 78.9 Å². The third-order valence-electron chi connectivity index (χ3n) is 4.57. The van der Waals surface area contributed by atoms with Gasteiger partial charge in [0.15, 0.2) is 0 Å². The Labute approximate surface area is 167 Å². The summed E-state index contributed by atoms with van der Waals surface area (Å²) >= 11 is 5.16. The van der Waals surface area contributed by atoms with Crippen molar-refractivity contribution in [3.63, 3.8) is 0 Å². The van der Waals surface area contributed by atoms with E-state index in [0.717, 1.165) is 42.6 Å². The summed E-state index contributed by atoms with van der Waals surface area (Å²) in [5.41, 5.74) is 11.6. The second-order valence-electron chi connectivity index (χ2n) is 6.60. The first-order chi connectivity index (χ1) is 13.2. The Morgan fingerprint density at radius 1 is 0.778 bits per heavy atom. The first-order valence-electron chi connectivity index (χ1n) is 9.34. The van der Waals surface area contributed by atoms with Gasteiger partial charge in [-0.25, -0.2) is 0 Å². The molecular weight excluding hydrogens is 350 g/mol. The van der Waals surface area contributed by atoms with Crippen LogP contribution in [0.2, 0.25) is 0 Å². The number of ether oxygens (including phenoxy) is 1. The van der Waals surface area contributed by atoms with Crippen LogP contribution in [0.3, 0.4) is 0 Å². The first-order valence-corrected chi connectivity index (χ1v) is 9.74. The highest BCUT2D eigenvalue weighted by Crippen LogP contribution is 2.24. The van der Waals surface area contributed by atoms with Gasteiger partial charge in [0, 0.05) is 12.2 Å². The van der Waals surface area contributed by atoms with Crippen molar-refractivity contribution in [2.45, 2.75) is 25.9 Å². The van der Waals surface area contributed by atoms with Gasteiger partial charge in [-0.15, -0.1) is 0 Å². The molecule has 2 N–H and O–H groups in total. The lowest BCUT2D eigenvalue weighted by Crippen LogP contribution is -2.10. The first kappa shape index (κ1) is 19.3. The molecule has 0 saturated heterocycles. The fourth-order valence-electron chi connectivity index (χ4n) is 3.10. The number of aryl methyl sites for hydroxylation is 1. The molecule has 2 nitrogen and oxygen atoms in total. The second kappa shape index (κ2) is 10.0. The van der Waals surface area contributed by atoms with Gasteiger partial charge in [-0.05, 0) is 41.5 Å². The largest absolute Gasteiger partial charge is 0.389 e. The number of hydrogen-bond donors (Lipinski definition) is 1. The van der Waals surface area contributed by atoms with Gasteiger partial charge < -0.3 is 10.5 Å². The molecular formula is C24H25NOS. The summed E-state index contributed by atoms with van der Waals surface area (Å²) in [7, 11) is 0. The molecule has 0 fully saturated rings. The summed E-state index contributed by atoms with van der Waals surface area (Å²) < 4.78 is 5.75. The molecule has 0 heterocycles. The molecule has 3 rings (SSSR count). The van der Waals surface area contributed by atoms with Crippen LogP contribution < -0.4 is 5.73 Å². The number of thiocarbonyl (C=S) groups is 1. The van der Waals surface area contributed by atoms with Gasteiger partial charge in [0.05, 0.1) is 6.61 Å². The fourth-order valence-corrected chi connectivity index (χ4v) is 3.28. The normalized spacial score (nSPS) is 10.7. The minimum atomic E-state index is 0.435. The van der Waals surface area contributed by atoms with E-state index >= 15 is 0 Å². The number of nitrogens with two attached hydrogens (primary N) is 1. The molecule has 0 aliphatic heterocycles. The Bertz CT molecular complexity index is 859. The Hall–Kier alpha value is -2.49. The molecule has 0 bridgehead atoms. The third kappa shape index (κ3) is 5.75. The Kier molecular flexibility index (Phi) is 7.14. The molecule has 0 atom stereocenters. The van der Waals surface area contributed by atoms with Crippen LogP contribution >= 0.6 is 12.2 Å². The van der Waals surface area contributed by atoms with E-state index in [1.165, 1.54) is 11.1 Å². The molecule has 27 heavy (non-hydrogen) atoms. The maximum atomic E-state index is 5.84. The van der Waals surface area contributed by atoms with E-state index in [1.807, 2.05) is 36.4 Å². The molecule has 0 unspecified atom stereocenters. The zero-order valence-corrected chi connectivity index (χ0v) is 16.3. The average molecular weight is 376 g/mol. The minimum Gasteiger partial charge on any atom is -0.389 e. The summed E-state index contributed by atoms with van der Waals surface area (Å²) in [4.78, 5) is 0.435. The molecule has 0 spiro atoms. The highest BCUT2D eigenvalue weighted by Gasteiger charge is 2.06. The minimum absolute atomic E-state index is 0.435. The van der Waals surface area contributed by atoms with E-state index in [9.17, 15) is 0 Å². The molecule has 3 aromatic rings. The molecule has 3 heteroatoms. The smallest absolute Gasteiger partial charge is 0.104 e. The predicted molar refractivity (Wildman–Crippen MR) is 117 cm³/mol. The van der Waals surface area contributed by atoms with Crippen molar-refractivity contribution < 1.29 is 4.74 Å². The van der Waals surface area contributed by atoms with Crippen LogP contribution in [0.4, 0.5) is 0 Å². The Balaban J connectivity index is 1.45. The molecule has 0 aliphatic carbocycles. The Morgan fingerprint density at radius 2 is 1.48 bits per heavy atom. The van der Waals surface area contributed by atoms with E-state index in [4.69, 9.17) is 22.7 Å². The molecule has 0 radical (unpaired) electrons. The van der Waals surface area contributed by atoms with E-state index in [0.29, 0.717) is 11.6 Å². The van der Waals surface area contributed by atoms with Crippen LogP contribution in [-0.4, -0.2) is 11.6 Å². The van der Waals surface area contributed by atoms with E-state index < -0.39 is 0 Å². The van der Waals surface area contributed by atoms with Crippen molar-refractivity contribution in [3.8, 4) is 11.1 Å². The second-order valence-corrected chi connectivity index (χ2v) is 7.04. The predicted octanol–water partition coefficient (Wildman–Crippen LogP) is 5.53. The maximum absolute atomic E-state index is 5.84. The highest BCUT2D eigenvalue weighted by atomic mass is 32.1. The summed E-state index contributed by atoms with van der Waals surface area (Å²) in [6, 6.07) is 27.0. The standard InChI is InChI=1S/C24H25NOS/c25-24(27)23-12-5-4-11-22(23)21-15-13-19(14-16-21)8-6-7-17-26-18-20-9-2-1-3-10-20/h1-5,9-16H,6-8,17-18H2,(H2,25,27). The summed E-state index contributed by atoms with van der Waals surface area (Å²) in [5, 5.41) is 0. The fraction of sp³-hybridized carbons (Fsp3) is 0.208. The van der Waals surface area contributed by atoms with E-state index in [1.54, 1.807) is 0 Å². The Morgan fingerprint density at radius 3 is 2.22 bits per heavy atom. The van der Waals surface area contributed by atoms with Crippen LogP contribution in [0, 0.1) is 0 Å². The van der Waals surface area contributed by atoms with Gasteiger partial charge in [0.25, 0.3) is 0 Å². The van der Waals surface area contributed by atoms with Crippen LogP contribution in [-0.2, 0) is 17.8 Å². The van der Waals surface area contributed by atoms with Gasteiger partial charge >= 0.3 is 0 Å². The summed E-state index contributed by atoms with van der Waals surface area (Å²) in [6.07, 6.45) is 3.25. The third-order valence-corrected chi connectivity index (χ3v) is 4.79. The highest BCUT2D eigenvalue weighted by molar-refractivity contribution is 7.80. The quantitative estimate of drug-likeness (QED) is 0.395. The zero-order chi connectivity index (χ0) is 18.9. The van der Waals surface area contributed by atoms with Crippen molar-refractivity contribution in [2.75, 3.05) is 6.61 Å². The summed E-state index contributed by atoms with van der Waals surface area (Å²) in [6.45, 7) is 1.49. The zero-order valence-electron chi connectivity index (χ0n) is 15.4. The van der Waals surface area contributed by atoms with Crippen LogP contribution in [0.1, 0.15) is 29.5 Å². The lowest BCUT2D eigenvalue weighted by molar-refractivity contribution is 0.117. The van der Waals surface area contributed by atoms with Crippen molar-refractivity contribution in [1.29, 1.82) is 0 Å². The van der Waals surface area contributed by atoms with E-state index in [-0.39, 0.29) is 0 Å². The molecule has 0 saturated carbocycles. The SMILES string of the molecule is NC(=S)c1ccccc1-c1ccc(CCCCOCc2ccccc2)cc1. The van der Waals surface area contributed by atoms with E-state index in [2.05, 4.69) is 42.5 Å². The van der Waals surface area contributed by atoms with Crippen molar-refractivity contribution in [1.82, 2.24) is 0 Å². The number of unbranched alkanes of at least 4 members (excludes halogenated alkanes) is 1. The molecule has 3 aromatic carbocycles. The van der Waals surface area contributed by atoms with Crippen molar-refractivity contribution >= 4 is 17.2 Å². The monoisotopic (exact) mass is 375 g/mol. The molecule has 0 aliphatic rings. The molecule has 0 amide bonds. The number of rotatable bonds is 9. The maximum Gasteiger partial charge on any atom is 0.104 e. The number of hydrogen-bond acceptors (Lipinski definition) is 2. The topological polar surface area (TPSA) is 35.2 Å². The van der Waals surface area contributed by atoms with Gasteiger partial charge in [-0.1, -0.05) is 91.1 Å². The van der Waals surface area contributed by atoms with Crippen LogP contribution in [0.25, 0.3) is 11.1 Å². The summed E-state index contributed by atoms with van der Waals surface area (Å²) in [5.74, 6) is 0. The van der Waals surface area contributed by atoms with Crippen LogP contribution in [0.5, 0.6) is 0 Å².